The molecule has 14 heavy (non-hydrogen) atoms. The lowest BCUT2D eigenvalue weighted by atomic mass is 10.1. The molecule has 0 aliphatic rings. The molecule has 0 fully saturated rings. The summed E-state index contributed by atoms with van der Waals surface area (Å²) in [6, 6.07) is 0. The molecule has 1 rings (SSSR count). The van der Waals surface area contributed by atoms with Crippen LogP contribution in [0.5, 0.6) is 0 Å². The molecule has 1 heterocycles. The maximum absolute atomic E-state index is 4.56. The van der Waals surface area contributed by atoms with E-state index in [9.17, 15) is 0 Å². The quantitative estimate of drug-likeness (QED) is 0.804. The Bertz CT molecular complexity index is 268. The van der Waals surface area contributed by atoms with Crippen LogP contribution >= 0.6 is 11.3 Å². The van der Waals surface area contributed by atoms with Gasteiger partial charge in [-0.05, 0) is 18.3 Å². The molecule has 1 N–H and O–H groups in total. The molecule has 0 spiro atoms. The highest BCUT2D eigenvalue weighted by molar-refractivity contribution is 7.13. The van der Waals surface area contributed by atoms with Crippen molar-refractivity contribution in [3.63, 3.8) is 0 Å². The first-order valence-electron chi connectivity index (χ1n) is 5.32. The van der Waals surface area contributed by atoms with Gasteiger partial charge in [-0.2, -0.15) is 0 Å². The van der Waals surface area contributed by atoms with Crippen molar-refractivity contribution >= 4 is 16.5 Å². The maximum atomic E-state index is 4.56. The molecule has 0 aromatic carbocycles. The van der Waals surface area contributed by atoms with E-state index in [1.54, 1.807) is 11.3 Å². The Morgan fingerprint density at radius 2 is 2.14 bits per heavy atom. The number of thiazole rings is 1. The zero-order valence-electron chi connectivity index (χ0n) is 9.50. The largest absolute Gasteiger partial charge is 0.361 e. The van der Waals surface area contributed by atoms with E-state index in [-0.39, 0.29) is 0 Å². The van der Waals surface area contributed by atoms with Gasteiger partial charge in [-0.3, -0.25) is 0 Å². The summed E-state index contributed by atoms with van der Waals surface area (Å²) in [6.45, 7) is 9.84. The number of hydrogen-bond donors (Lipinski definition) is 1. The monoisotopic (exact) mass is 212 g/mol. The highest BCUT2D eigenvalue weighted by Crippen LogP contribution is 2.23. The number of anilines is 1. The van der Waals surface area contributed by atoms with Crippen LogP contribution in [0.25, 0.3) is 0 Å². The average Bonchev–Trinajstić information content (AvgIpc) is 2.62. The minimum atomic E-state index is 0.584. The number of nitrogens with zero attached hydrogens (tertiary/aromatic N) is 1. The van der Waals surface area contributed by atoms with Crippen LogP contribution in [-0.2, 0) is 0 Å². The summed E-state index contributed by atoms with van der Waals surface area (Å²) in [5, 5.41) is 6.58. The van der Waals surface area contributed by atoms with Gasteiger partial charge in [0.25, 0.3) is 0 Å². The molecule has 1 aromatic rings. The van der Waals surface area contributed by atoms with E-state index in [1.807, 2.05) is 0 Å². The van der Waals surface area contributed by atoms with Crippen molar-refractivity contribution in [2.24, 2.45) is 5.92 Å². The molecule has 0 aliphatic carbocycles. The second-order valence-electron chi connectivity index (χ2n) is 4.16. The van der Waals surface area contributed by atoms with E-state index in [1.165, 1.54) is 5.69 Å². The number of nitrogens with one attached hydrogen (secondary N) is 1. The molecular weight excluding hydrogens is 192 g/mol. The molecule has 0 saturated carbocycles. The molecule has 0 amide bonds. The van der Waals surface area contributed by atoms with Crippen LogP contribution in [-0.4, -0.2) is 11.5 Å². The molecule has 0 bridgehead atoms. The Morgan fingerprint density at radius 3 is 2.71 bits per heavy atom. The van der Waals surface area contributed by atoms with Crippen molar-refractivity contribution in [1.29, 1.82) is 0 Å². The van der Waals surface area contributed by atoms with Gasteiger partial charge in [-0.25, -0.2) is 4.98 Å². The van der Waals surface area contributed by atoms with E-state index in [2.05, 4.69) is 43.4 Å². The lowest BCUT2D eigenvalue weighted by Crippen LogP contribution is -2.07. The summed E-state index contributed by atoms with van der Waals surface area (Å²) in [7, 11) is 0. The minimum Gasteiger partial charge on any atom is -0.361 e. The Kier molecular flexibility index (Phi) is 4.39. The molecule has 2 nitrogen and oxygen atoms in total. The molecule has 0 radical (unpaired) electrons. The first-order chi connectivity index (χ1) is 6.63. The fraction of sp³-hybridized carbons (Fsp3) is 0.727. The third-order valence-electron chi connectivity index (χ3n) is 2.30. The number of hydrogen-bond acceptors (Lipinski definition) is 3. The topological polar surface area (TPSA) is 24.9 Å². The Hall–Kier alpha value is -0.570. The summed E-state index contributed by atoms with van der Waals surface area (Å²) in [6.07, 6.45) is 1.16. The predicted molar refractivity (Wildman–Crippen MR) is 64.1 cm³/mol. The van der Waals surface area contributed by atoms with Crippen LogP contribution in [0.15, 0.2) is 5.38 Å². The van der Waals surface area contributed by atoms with Crippen molar-refractivity contribution in [3.05, 3.63) is 11.1 Å². The second-order valence-corrected chi connectivity index (χ2v) is 5.02. The lowest BCUT2D eigenvalue weighted by Gasteiger charge is -2.05. The summed E-state index contributed by atoms with van der Waals surface area (Å²) in [5.74, 6) is 1.26. The fourth-order valence-electron chi connectivity index (χ4n) is 1.09. The third-order valence-corrected chi connectivity index (χ3v) is 3.12. The highest BCUT2D eigenvalue weighted by atomic mass is 32.1. The summed E-state index contributed by atoms with van der Waals surface area (Å²) >= 11 is 1.71. The molecule has 3 heteroatoms. The fourth-order valence-corrected chi connectivity index (χ4v) is 1.94. The molecule has 0 saturated heterocycles. The van der Waals surface area contributed by atoms with Gasteiger partial charge in [-0.1, -0.05) is 27.7 Å². The Balaban J connectivity index is 2.50. The smallest absolute Gasteiger partial charge is 0.182 e. The number of rotatable bonds is 5. The second kappa shape index (κ2) is 5.35. The van der Waals surface area contributed by atoms with Crippen LogP contribution in [0.1, 0.15) is 45.7 Å². The van der Waals surface area contributed by atoms with E-state index in [0.717, 1.165) is 18.1 Å². The minimum absolute atomic E-state index is 0.584. The summed E-state index contributed by atoms with van der Waals surface area (Å²) < 4.78 is 0. The van der Waals surface area contributed by atoms with Crippen molar-refractivity contribution < 1.29 is 0 Å². The van der Waals surface area contributed by atoms with Gasteiger partial charge in [0, 0.05) is 11.9 Å². The molecule has 0 aliphatic heterocycles. The first kappa shape index (κ1) is 11.5. The van der Waals surface area contributed by atoms with Gasteiger partial charge >= 0.3 is 0 Å². The summed E-state index contributed by atoms with van der Waals surface area (Å²) in [4.78, 5) is 4.56. The molecule has 1 unspecified atom stereocenters. The van der Waals surface area contributed by atoms with E-state index < -0.39 is 0 Å². The Morgan fingerprint density at radius 1 is 1.43 bits per heavy atom. The van der Waals surface area contributed by atoms with Crippen molar-refractivity contribution in [1.82, 2.24) is 4.98 Å². The standard InChI is InChI=1S/C11H20N2S/c1-5-9(4)10-7-14-11(13-10)12-6-8(2)3/h7-9H,5-6H2,1-4H3,(H,12,13). The molecule has 1 atom stereocenters. The van der Waals surface area contributed by atoms with Crippen molar-refractivity contribution in [3.8, 4) is 0 Å². The summed E-state index contributed by atoms with van der Waals surface area (Å²) in [5.41, 5.74) is 1.23. The van der Waals surface area contributed by atoms with Gasteiger partial charge in [0.1, 0.15) is 0 Å². The van der Waals surface area contributed by atoms with Crippen LogP contribution in [0.3, 0.4) is 0 Å². The van der Waals surface area contributed by atoms with Gasteiger partial charge in [0.05, 0.1) is 5.69 Å². The van der Waals surface area contributed by atoms with E-state index in [0.29, 0.717) is 11.8 Å². The number of aromatic nitrogens is 1. The van der Waals surface area contributed by atoms with Gasteiger partial charge in [0.15, 0.2) is 5.13 Å². The average molecular weight is 212 g/mol. The predicted octanol–water partition coefficient (Wildman–Crippen LogP) is 3.72. The highest BCUT2D eigenvalue weighted by Gasteiger charge is 2.07. The molecule has 80 valence electrons. The van der Waals surface area contributed by atoms with Gasteiger partial charge < -0.3 is 5.32 Å². The molecular formula is C11H20N2S. The van der Waals surface area contributed by atoms with Crippen LogP contribution < -0.4 is 5.32 Å². The van der Waals surface area contributed by atoms with Crippen LogP contribution in [0.2, 0.25) is 0 Å². The van der Waals surface area contributed by atoms with E-state index >= 15 is 0 Å². The zero-order valence-corrected chi connectivity index (χ0v) is 10.3. The Labute approximate surface area is 90.8 Å². The van der Waals surface area contributed by atoms with Crippen molar-refractivity contribution in [2.45, 2.75) is 40.0 Å². The van der Waals surface area contributed by atoms with Gasteiger partial charge in [-0.15, -0.1) is 11.3 Å². The third kappa shape index (κ3) is 3.29. The zero-order chi connectivity index (χ0) is 10.6. The van der Waals surface area contributed by atoms with Gasteiger partial charge in [0.2, 0.25) is 0 Å². The van der Waals surface area contributed by atoms with Crippen LogP contribution in [0, 0.1) is 5.92 Å². The SMILES string of the molecule is CCC(C)c1csc(NCC(C)C)n1. The lowest BCUT2D eigenvalue weighted by molar-refractivity contribution is 0.685. The van der Waals surface area contributed by atoms with Crippen LogP contribution in [0.4, 0.5) is 5.13 Å². The maximum Gasteiger partial charge on any atom is 0.182 e. The normalized spacial score (nSPS) is 13.2. The molecule has 1 aromatic heterocycles. The van der Waals surface area contributed by atoms with Crippen molar-refractivity contribution in [2.75, 3.05) is 11.9 Å². The van der Waals surface area contributed by atoms with E-state index in [4.69, 9.17) is 0 Å². The first-order valence-corrected chi connectivity index (χ1v) is 6.20.